The molecule has 0 radical (unpaired) electrons. The van der Waals surface area contributed by atoms with Gasteiger partial charge in [-0.2, -0.15) is 0 Å². The lowest BCUT2D eigenvalue weighted by Crippen LogP contribution is -2.14. The van der Waals surface area contributed by atoms with E-state index in [0.29, 0.717) is 16.9 Å². The van der Waals surface area contributed by atoms with Crippen LogP contribution in [0.5, 0.6) is 11.5 Å². The molecule has 2 aromatic carbocycles. The lowest BCUT2D eigenvalue weighted by Gasteiger charge is -2.07. The third-order valence-electron chi connectivity index (χ3n) is 3.17. The summed E-state index contributed by atoms with van der Waals surface area (Å²) >= 11 is 0. The van der Waals surface area contributed by atoms with Gasteiger partial charge in [0.15, 0.2) is 12.4 Å². The van der Waals surface area contributed by atoms with Gasteiger partial charge in [0.25, 0.3) is 0 Å². The van der Waals surface area contributed by atoms with Crippen molar-refractivity contribution in [3.05, 3.63) is 59.2 Å². The Kier molecular flexibility index (Phi) is 4.78. The number of hydrogen-bond donors (Lipinski definition) is 1. The average Bonchev–Trinajstić information content (AvgIpc) is 2.54. The molecule has 0 aromatic heterocycles. The first kappa shape index (κ1) is 15.6. The third kappa shape index (κ3) is 3.63. The van der Waals surface area contributed by atoms with Gasteiger partial charge in [-0.15, -0.1) is 0 Å². The van der Waals surface area contributed by atoms with Crippen molar-refractivity contribution >= 4 is 11.8 Å². The molecule has 114 valence electrons. The summed E-state index contributed by atoms with van der Waals surface area (Å²) in [5.74, 6) is -0.427. The number of aromatic hydroxyl groups is 1. The molecule has 5 heteroatoms. The molecule has 0 atom stereocenters. The molecule has 0 saturated carbocycles. The van der Waals surface area contributed by atoms with Crippen LogP contribution in [0.15, 0.2) is 42.5 Å². The van der Waals surface area contributed by atoms with Gasteiger partial charge in [-0.05, 0) is 36.8 Å². The summed E-state index contributed by atoms with van der Waals surface area (Å²) < 4.78 is 10.0. The molecule has 1 N–H and O–H groups in total. The van der Waals surface area contributed by atoms with E-state index in [1.807, 2.05) is 0 Å². The fourth-order valence-corrected chi connectivity index (χ4v) is 1.83. The molecule has 0 aliphatic rings. The minimum atomic E-state index is -0.661. The summed E-state index contributed by atoms with van der Waals surface area (Å²) in [5, 5.41) is 9.57. The zero-order valence-electron chi connectivity index (χ0n) is 12.3. The van der Waals surface area contributed by atoms with Gasteiger partial charge < -0.3 is 14.6 Å². The first-order valence-electron chi connectivity index (χ1n) is 6.65. The van der Waals surface area contributed by atoms with Crippen molar-refractivity contribution in [3.63, 3.8) is 0 Å². The zero-order valence-corrected chi connectivity index (χ0v) is 12.3. The number of rotatable bonds is 5. The number of carbonyl (C=O) groups is 2. The second-order valence-corrected chi connectivity index (χ2v) is 4.73. The van der Waals surface area contributed by atoms with Crippen molar-refractivity contribution in [2.24, 2.45) is 0 Å². The fourth-order valence-electron chi connectivity index (χ4n) is 1.83. The highest BCUT2D eigenvalue weighted by Gasteiger charge is 2.13. The molecule has 0 aliphatic heterocycles. The summed E-state index contributed by atoms with van der Waals surface area (Å²) in [6.45, 7) is 1.34. The number of phenols is 1. The molecule has 0 saturated heterocycles. The predicted octanol–water partition coefficient (Wildman–Crippen LogP) is 2.75. The summed E-state index contributed by atoms with van der Waals surface area (Å²) in [7, 11) is 1.51. The first-order valence-corrected chi connectivity index (χ1v) is 6.65. The quantitative estimate of drug-likeness (QED) is 0.679. The number of Topliss-reactive ketones (excluding diaryl/α,β-unsaturated/α-hetero) is 1. The number of esters is 1. The number of aryl methyl sites for hydroxylation is 1. The molecule has 0 aliphatic carbocycles. The Bertz CT molecular complexity index is 706. The van der Waals surface area contributed by atoms with E-state index in [-0.39, 0.29) is 23.7 Å². The summed E-state index contributed by atoms with van der Waals surface area (Å²) in [4.78, 5) is 23.8. The van der Waals surface area contributed by atoms with Gasteiger partial charge in [0.2, 0.25) is 0 Å². The van der Waals surface area contributed by atoms with Gasteiger partial charge in [-0.3, -0.25) is 4.79 Å². The van der Waals surface area contributed by atoms with Crippen LogP contribution < -0.4 is 4.74 Å². The number of phenolic OH excluding ortho intramolecular Hbond substituents is 1. The molecule has 0 unspecified atom stereocenters. The first-order chi connectivity index (χ1) is 10.5. The van der Waals surface area contributed by atoms with Crippen LogP contribution >= 0.6 is 0 Å². The van der Waals surface area contributed by atoms with Crippen molar-refractivity contribution in [2.75, 3.05) is 13.7 Å². The van der Waals surface area contributed by atoms with E-state index in [0.717, 1.165) is 0 Å². The SMILES string of the molecule is COc1cccc(C(=O)COC(=O)c2ccc(C)c(O)c2)c1. The van der Waals surface area contributed by atoms with Crippen LogP contribution in [0.4, 0.5) is 0 Å². The second kappa shape index (κ2) is 6.76. The Morgan fingerprint density at radius 1 is 1.09 bits per heavy atom. The number of carbonyl (C=O) groups excluding carboxylic acids is 2. The summed E-state index contributed by atoms with van der Waals surface area (Å²) in [6.07, 6.45) is 0. The van der Waals surface area contributed by atoms with Crippen molar-refractivity contribution in [3.8, 4) is 11.5 Å². The van der Waals surface area contributed by atoms with Crippen molar-refractivity contribution < 1.29 is 24.2 Å². The molecule has 22 heavy (non-hydrogen) atoms. The van der Waals surface area contributed by atoms with E-state index in [1.54, 1.807) is 37.3 Å². The Hall–Kier alpha value is -2.82. The van der Waals surface area contributed by atoms with Crippen LogP contribution in [0.3, 0.4) is 0 Å². The van der Waals surface area contributed by atoms with Gasteiger partial charge in [0, 0.05) is 5.56 Å². The maximum absolute atomic E-state index is 12.0. The van der Waals surface area contributed by atoms with Crippen LogP contribution in [-0.4, -0.2) is 30.6 Å². The maximum atomic E-state index is 12.0. The standard InChI is InChI=1S/C17H16O5/c1-11-6-7-13(9-15(11)18)17(20)22-10-16(19)12-4-3-5-14(8-12)21-2/h3-9,18H,10H2,1-2H3. The van der Waals surface area contributed by atoms with Gasteiger partial charge in [-0.25, -0.2) is 4.79 Å². The summed E-state index contributed by atoms with van der Waals surface area (Å²) in [5.41, 5.74) is 1.25. The lowest BCUT2D eigenvalue weighted by atomic mass is 10.1. The fraction of sp³-hybridized carbons (Fsp3) is 0.176. The molecule has 2 aromatic rings. The number of methoxy groups -OCH3 is 1. The summed E-state index contributed by atoms with van der Waals surface area (Å²) in [6, 6.07) is 11.1. The number of ketones is 1. The average molecular weight is 300 g/mol. The van der Waals surface area contributed by atoms with E-state index >= 15 is 0 Å². The van der Waals surface area contributed by atoms with E-state index < -0.39 is 5.97 Å². The maximum Gasteiger partial charge on any atom is 0.338 e. The topological polar surface area (TPSA) is 72.8 Å². The van der Waals surface area contributed by atoms with Gasteiger partial charge in [-0.1, -0.05) is 18.2 Å². The number of benzene rings is 2. The Balaban J connectivity index is 2.00. The minimum Gasteiger partial charge on any atom is -0.508 e. The number of ether oxygens (including phenoxy) is 2. The van der Waals surface area contributed by atoms with Crippen LogP contribution in [0.2, 0.25) is 0 Å². The molecule has 5 nitrogen and oxygen atoms in total. The molecule has 0 spiro atoms. The smallest absolute Gasteiger partial charge is 0.338 e. The predicted molar refractivity (Wildman–Crippen MR) is 80.5 cm³/mol. The molecular weight excluding hydrogens is 284 g/mol. The Labute approximate surface area is 128 Å². The molecular formula is C17H16O5. The molecule has 0 amide bonds. The van der Waals surface area contributed by atoms with Gasteiger partial charge >= 0.3 is 5.97 Å². The normalized spacial score (nSPS) is 10.1. The van der Waals surface area contributed by atoms with Crippen LogP contribution in [0, 0.1) is 6.92 Å². The third-order valence-corrected chi connectivity index (χ3v) is 3.17. The Morgan fingerprint density at radius 3 is 2.55 bits per heavy atom. The van der Waals surface area contributed by atoms with Crippen molar-refractivity contribution in [2.45, 2.75) is 6.92 Å². The van der Waals surface area contributed by atoms with Gasteiger partial charge in [0.1, 0.15) is 11.5 Å². The van der Waals surface area contributed by atoms with E-state index in [1.165, 1.54) is 19.2 Å². The van der Waals surface area contributed by atoms with Crippen LogP contribution in [0.1, 0.15) is 26.3 Å². The van der Waals surface area contributed by atoms with E-state index in [2.05, 4.69) is 0 Å². The molecule has 0 bridgehead atoms. The Morgan fingerprint density at radius 2 is 1.86 bits per heavy atom. The lowest BCUT2D eigenvalue weighted by molar-refractivity contribution is 0.0474. The van der Waals surface area contributed by atoms with E-state index in [9.17, 15) is 14.7 Å². The highest BCUT2D eigenvalue weighted by Crippen LogP contribution is 2.18. The second-order valence-electron chi connectivity index (χ2n) is 4.73. The zero-order chi connectivity index (χ0) is 16.1. The van der Waals surface area contributed by atoms with Crippen LogP contribution in [-0.2, 0) is 4.74 Å². The van der Waals surface area contributed by atoms with Crippen molar-refractivity contribution in [1.29, 1.82) is 0 Å². The molecule has 0 fully saturated rings. The van der Waals surface area contributed by atoms with Crippen molar-refractivity contribution in [1.82, 2.24) is 0 Å². The highest BCUT2D eigenvalue weighted by atomic mass is 16.5. The molecule has 2 rings (SSSR count). The minimum absolute atomic E-state index is 0.00794. The van der Waals surface area contributed by atoms with Gasteiger partial charge in [0.05, 0.1) is 12.7 Å². The largest absolute Gasteiger partial charge is 0.508 e. The molecule has 0 heterocycles. The monoisotopic (exact) mass is 300 g/mol. The number of hydrogen-bond acceptors (Lipinski definition) is 5. The van der Waals surface area contributed by atoms with Crippen LogP contribution in [0.25, 0.3) is 0 Å². The highest BCUT2D eigenvalue weighted by molar-refractivity contribution is 5.99. The van der Waals surface area contributed by atoms with E-state index in [4.69, 9.17) is 9.47 Å².